The van der Waals surface area contributed by atoms with Gasteiger partial charge in [0.2, 0.25) is 10.0 Å². The second-order valence-corrected chi connectivity index (χ2v) is 7.63. The van der Waals surface area contributed by atoms with E-state index in [2.05, 4.69) is 5.32 Å². The van der Waals surface area contributed by atoms with Crippen molar-refractivity contribution < 1.29 is 22.7 Å². The predicted octanol–water partition coefficient (Wildman–Crippen LogP) is 2.84. The van der Waals surface area contributed by atoms with Gasteiger partial charge in [-0.1, -0.05) is 29.3 Å². The minimum Gasteiger partial charge on any atom is -0.452 e. The van der Waals surface area contributed by atoms with Gasteiger partial charge in [-0.05, 0) is 48.0 Å². The zero-order valence-electron chi connectivity index (χ0n) is 13.7. The summed E-state index contributed by atoms with van der Waals surface area (Å²) in [6, 6.07) is 10.00. The highest BCUT2D eigenvalue weighted by Crippen LogP contribution is 2.22. The van der Waals surface area contributed by atoms with E-state index in [0.717, 1.165) is 6.08 Å². The lowest BCUT2D eigenvalue weighted by Gasteiger charge is -2.06. The number of benzene rings is 2. The van der Waals surface area contributed by atoms with E-state index >= 15 is 0 Å². The van der Waals surface area contributed by atoms with Gasteiger partial charge >= 0.3 is 5.97 Å². The molecule has 1 amide bonds. The Bertz CT molecular complexity index is 989. The Morgan fingerprint density at radius 2 is 1.78 bits per heavy atom. The van der Waals surface area contributed by atoms with E-state index < -0.39 is 28.5 Å². The number of hydrogen-bond acceptors (Lipinski definition) is 5. The monoisotopic (exact) mass is 428 g/mol. The number of nitrogens with two attached hydrogens (primary N) is 1. The number of hydrogen-bond donors (Lipinski definition) is 2. The average Bonchev–Trinajstić information content (AvgIpc) is 2.59. The molecule has 0 atom stereocenters. The van der Waals surface area contributed by atoms with E-state index in [1.54, 1.807) is 12.1 Å². The van der Waals surface area contributed by atoms with Crippen molar-refractivity contribution in [3.05, 3.63) is 64.1 Å². The Kier molecular flexibility index (Phi) is 6.98. The normalized spacial score (nSPS) is 11.4. The second-order valence-electron chi connectivity index (χ2n) is 5.22. The van der Waals surface area contributed by atoms with Crippen LogP contribution in [0.15, 0.2) is 53.4 Å². The largest absolute Gasteiger partial charge is 0.452 e. The van der Waals surface area contributed by atoms with Crippen molar-refractivity contribution >= 4 is 56.9 Å². The summed E-state index contributed by atoms with van der Waals surface area (Å²) in [5, 5.41) is 8.27. The molecule has 10 heteroatoms. The van der Waals surface area contributed by atoms with E-state index in [9.17, 15) is 18.0 Å². The molecule has 0 saturated carbocycles. The Morgan fingerprint density at radius 1 is 1.11 bits per heavy atom. The maximum absolute atomic E-state index is 11.8. The van der Waals surface area contributed by atoms with Crippen LogP contribution in [0.4, 0.5) is 5.69 Å². The maximum atomic E-state index is 11.8. The van der Waals surface area contributed by atoms with E-state index in [1.165, 1.54) is 36.4 Å². The fourth-order valence-corrected chi connectivity index (χ4v) is 2.89. The fraction of sp³-hybridized carbons (Fsp3) is 0.0588. The van der Waals surface area contributed by atoms with Crippen molar-refractivity contribution in [3.8, 4) is 0 Å². The van der Waals surface area contributed by atoms with Crippen molar-refractivity contribution in [1.82, 2.24) is 0 Å². The lowest BCUT2D eigenvalue weighted by atomic mass is 10.2. The van der Waals surface area contributed by atoms with Gasteiger partial charge in [-0.3, -0.25) is 4.79 Å². The summed E-state index contributed by atoms with van der Waals surface area (Å²) >= 11 is 11.8. The first-order valence-electron chi connectivity index (χ1n) is 7.38. The van der Waals surface area contributed by atoms with E-state index in [1.807, 2.05) is 0 Å². The third-order valence-electron chi connectivity index (χ3n) is 3.17. The zero-order chi connectivity index (χ0) is 20.0. The van der Waals surface area contributed by atoms with Gasteiger partial charge in [-0.25, -0.2) is 18.4 Å². The van der Waals surface area contributed by atoms with Crippen LogP contribution in [0.2, 0.25) is 10.0 Å². The molecule has 0 aromatic heterocycles. The standard InChI is InChI=1S/C17H14Cl2N2O5S/c18-12-3-1-11(15(19)9-12)2-8-17(23)26-10-16(22)21-13-4-6-14(7-5-13)27(20,24)25/h1-9H,10H2,(H,21,22)(H2,20,24,25)/b8-2+. The average molecular weight is 429 g/mol. The van der Waals surface area contributed by atoms with E-state index in [0.29, 0.717) is 21.3 Å². The van der Waals surface area contributed by atoms with Crippen molar-refractivity contribution in [1.29, 1.82) is 0 Å². The molecule has 7 nitrogen and oxygen atoms in total. The number of amides is 1. The van der Waals surface area contributed by atoms with Gasteiger partial charge in [-0.2, -0.15) is 0 Å². The molecular formula is C17H14Cl2N2O5S. The molecule has 3 N–H and O–H groups in total. The number of rotatable bonds is 6. The lowest BCUT2D eigenvalue weighted by molar-refractivity contribution is -0.142. The summed E-state index contributed by atoms with van der Waals surface area (Å²) in [7, 11) is -3.81. The van der Waals surface area contributed by atoms with Gasteiger partial charge in [0.05, 0.1) is 4.90 Å². The Hall–Kier alpha value is -2.39. The van der Waals surface area contributed by atoms with Gasteiger partial charge in [0.15, 0.2) is 6.61 Å². The first kappa shape index (κ1) is 20.9. The minimum atomic E-state index is -3.81. The van der Waals surface area contributed by atoms with Gasteiger partial charge in [0, 0.05) is 21.8 Å². The number of ether oxygens (including phenoxy) is 1. The zero-order valence-corrected chi connectivity index (χ0v) is 16.0. The van der Waals surface area contributed by atoms with Crippen LogP contribution in [0.1, 0.15) is 5.56 Å². The molecule has 0 radical (unpaired) electrons. The van der Waals surface area contributed by atoms with Crippen LogP contribution in [-0.4, -0.2) is 26.9 Å². The molecule has 27 heavy (non-hydrogen) atoms. The molecule has 0 spiro atoms. The molecule has 2 aromatic rings. The van der Waals surface area contributed by atoms with Crippen molar-refractivity contribution in [2.24, 2.45) is 5.14 Å². The summed E-state index contributed by atoms with van der Waals surface area (Å²) in [5.74, 6) is -1.33. The quantitative estimate of drug-likeness (QED) is 0.541. The number of halogens is 2. The van der Waals surface area contributed by atoms with Crippen LogP contribution in [-0.2, 0) is 24.3 Å². The number of anilines is 1. The Labute approximate surface area is 165 Å². The van der Waals surface area contributed by atoms with Crippen LogP contribution in [0.25, 0.3) is 6.08 Å². The molecule has 0 unspecified atom stereocenters. The molecule has 0 bridgehead atoms. The van der Waals surface area contributed by atoms with Gasteiger partial charge in [0.1, 0.15) is 0 Å². The first-order valence-corrected chi connectivity index (χ1v) is 9.68. The van der Waals surface area contributed by atoms with Crippen molar-refractivity contribution in [2.45, 2.75) is 4.90 Å². The van der Waals surface area contributed by atoms with Crippen LogP contribution in [0.5, 0.6) is 0 Å². The highest BCUT2D eigenvalue weighted by Gasteiger charge is 2.09. The number of sulfonamides is 1. The SMILES string of the molecule is NS(=O)(=O)c1ccc(NC(=O)COC(=O)/C=C/c2ccc(Cl)cc2Cl)cc1. The summed E-state index contributed by atoms with van der Waals surface area (Å²) < 4.78 is 27.1. The smallest absolute Gasteiger partial charge is 0.331 e. The topological polar surface area (TPSA) is 116 Å². The van der Waals surface area contributed by atoms with Crippen LogP contribution >= 0.6 is 23.2 Å². The van der Waals surface area contributed by atoms with Gasteiger partial charge in [0.25, 0.3) is 5.91 Å². The second kappa shape index (κ2) is 9.01. The van der Waals surface area contributed by atoms with Gasteiger partial charge in [-0.15, -0.1) is 0 Å². The first-order chi connectivity index (χ1) is 12.6. The molecule has 0 aliphatic carbocycles. The number of carbonyl (C=O) groups excluding carboxylic acids is 2. The molecule has 0 saturated heterocycles. The van der Waals surface area contributed by atoms with Crippen molar-refractivity contribution in [2.75, 3.05) is 11.9 Å². The third-order valence-corrected chi connectivity index (χ3v) is 4.67. The van der Waals surface area contributed by atoms with Crippen molar-refractivity contribution in [3.63, 3.8) is 0 Å². The number of esters is 1. The molecule has 0 heterocycles. The highest BCUT2D eigenvalue weighted by molar-refractivity contribution is 7.89. The molecule has 2 rings (SSSR count). The maximum Gasteiger partial charge on any atom is 0.331 e. The Morgan fingerprint density at radius 3 is 2.37 bits per heavy atom. The summed E-state index contributed by atoms with van der Waals surface area (Å²) in [4.78, 5) is 23.4. The fourth-order valence-electron chi connectivity index (χ4n) is 1.90. The minimum absolute atomic E-state index is 0.0853. The van der Waals surface area contributed by atoms with Gasteiger partial charge < -0.3 is 10.1 Å². The van der Waals surface area contributed by atoms with E-state index in [-0.39, 0.29) is 4.90 Å². The Balaban J connectivity index is 1.86. The van der Waals surface area contributed by atoms with Crippen LogP contribution < -0.4 is 10.5 Å². The molecule has 0 aliphatic heterocycles. The lowest BCUT2D eigenvalue weighted by Crippen LogP contribution is -2.20. The molecular weight excluding hydrogens is 415 g/mol. The summed E-state index contributed by atoms with van der Waals surface area (Å²) in [5.41, 5.74) is 0.893. The van der Waals surface area contributed by atoms with E-state index in [4.69, 9.17) is 33.1 Å². The number of nitrogens with one attached hydrogen (secondary N) is 1. The molecule has 0 aliphatic rings. The summed E-state index contributed by atoms with van der Waals surface area (Å²) in [6.07, 6.45) is 2.56. The number of carbonyl (C=O) groups is 2. The van der Waals surface area contributed by atoms with Crippen LogP contribution in [0.3, 0.4) is 0 Å². The molecule has 2 aromatic carbocycles. The molecule has 0 fully saturated rings. The number of primary sulfonamides is 1. The highest BCUT2D eigenvalue weighted by atomic mass is 35.5. The molecule has 142 valence electrons. The third kappa shape index (κ3) is 6.69. The van der Waals surface area contributed by atoms with Crippen LogP contribution in [0, 0.1) is 0 Å². The predicted molar refractivity (Wildman–Crippen MR) is 103 cm³/mol. The summed E-state index contributed by atoms with van der Waals surface area (Å²) in [6.45, 7) is -0.519.